The Balaban J connectivity index is 1.79. The zero-order valence-electron chi connectivity index (χ0n) is 15.7. The highest BCUT2D eigenvalue weighted by Crippen LogP contribution is 2.39. The number of carbonyl (C=O) groups is 1. The van der Waals surface area contributed by atoms with E-state index in [2.05, 4.69) is 4.98 Å². The van der Waals surface area contributed by atoms with E-state index >= 15 is 0 Å². The molecule has 0 saturated heterocycles. The number of halogens is 2. The van der Waals surface area contributed by atoms with Gasteiger partial charge in [-0.05, 0) is 47.9 Å². The SMILES string of the molecule is NCOc1ccc(C2c3[nH]c4ccc(Cl)cc4c3CCN2C(=O)OCCF)cc1. The van der Waals surface area contributed by atoms with Crippen LogP contribution < -0.4 is 10.5 Å². The van der Waals surface area contributed by atoms with Gasteiger partial charge in [-0.3, -0.25) is 10.6 Å². The molecule has 0 spiro atoms. The van der Waals surface area contributed by atoms with Crippen molar-refractivity contribution in [2.24, 2.45) is 5.73 Å². The van der Waals surface area contributed by atoms with Crippen molar-refractivity contribution in [1.82, 2.24) is 9.88 Å². The number of nitrogens with zero attached hydrogens (tertiary/aromatic N) is 1. The van der Waals surface area contributed by atoms with Crippen LogP contribution in [-0.2, 0) is 11.2 Å². The minimum absolute atomic E-state index is 0.0807. The number of ether oxygens (including phenoxy) is 2. The maximum absolute atomic E-state index is 12.7. The second-order valence-electron chi connectivity index (χ2n) is 6.74. The van der Waals surface area contributed by atoms with Crippen LogP contribution in [0.3, 0.4) is 0 Å². The lowest BCUT2D eigenvalue weighted by Gasteiger charge is -2.35. The summed E-state index contributed by atoms with van der Waals surface area (Å²) in [6.07, 6.45) is 0.0999. The average molecular weight is 418 g/mol. The van der Waals surface area contributed by atoms with Crippen LogP contribution in [0, 0.1) is 0 Å². The third-order valence-electron chi connectivity index (χ3n) is 5.07. The molecule has 1 aliphatic heterocycles. The summed E-state index contributed by atoms with van der Waals surface area (Å²) >= 11 is 6.20. The van der Waals surface area contributed by atoms with E-state index in [0.717, 1.165) is 27.7 Å². The largest absolute Gasteiger partial charge is 0.479 e. The molecule has 1 atom stereocenters. The van der Waals surface area contributed by atoms with Crippen molar-refractivity contribution in [3.05, 3.63) is 64.3 Å². The molecule has 0 bridgehead atoms. The number of benzene rings is 2. The predicted molar refractivity (Wildman–Crippen MR) is 109 cm³/mol. The van der Waals surface area contributed by atoms with Crippen LogP contribution in [0.4, 0.5) is 9.18 Å². The number of fused-ring (bicyclic) bond motifs is 3. The summed E-state index contributed by atoms with van der Waals surface area (Å²) in [6, 6.07) is 12.7. The van der Waals surface area contributed by atoms with Gasteiger partial charge in [0.05, 0.1) is 0 Å². The number of alkyl halides is 1. The van der Waals surface area contributed by atoms with Gasteiger partial charge in [-0.2, -0.15) is 0 Å². The first-order valence-corrected chi connectivity index (χ1v) is 9.72. The minimum Gasteiger partial charge on any atom is -0.479 e. The van der Waals surface area contributed by atoms with Crippen LogP contribution in [0.1, 0.15) is 22.9 Å². The van der Waals surface area contributed by atoms with Crippen LogP contribution in [-0.4, -0.2) is 42.5 Å². The van der Waals surface area contributed by atoms with Gasteiger partial charge in [-0.25, -0.2) is 9.18 Å². The molecular weight excluding hydrogens is 397 g/mol. The van der Waals surface area contributed by atoms with Crippen LogP contribution >= 0.6 is 11.6 Å². The number of aromatic amines is 1. The number of H-pyrrole nitrogens is 1. The topological polar surface area (TPSA) is 80.6 Å². The molecule has 3 N–H and O–H groups in total. The third-order valence-corrected chi connectivity index (χ3v) is 5.31. The van der Waals surface area contributed by atoms with Crippen molar-refractivity contribution < 1.29 is 18.7 Å². The fraction of sp³-hybridized carbons (Fsp3) is 0.286. The van der Waals surface area contributed by atoms with Crippen molar-refractivity contribution in [1.29, 1.82) is 0 Å². The number of aromatic nitrogens is 1. The fourth-order valence-electron chi connectivity index (χ4n) is 3.86. The quantitative estimate of drug-likeness (QED) is 0.610. The van der Waals surface area contributed by atoms with Gasteiger partial charge >= 0.3 is 6.09 Å². The standard InChI is InChI=1S/C21H21ClFN3O3/c22-14-3-6-18-17(11-14)16-7-9-26(21(27)28-10-8-23)20(19(16)25-18)13-1-4-15(5-2-13)29-12-24/h1-6,11,20,25H,7-10,12,24H2. The van der Waals surface area contributed by atoms with Gasteiger partial charge in [0.1, 0.15) is 31.8 Å². The molecule has 2 heterocycles. The molecule has 1 amide bonds. The summed E-state index contributed by atoms with van der Waals surface area (Å²) in [7, 11) is 0. The Kier molecular flexibility index (Phi) is 5.60. The molecule has 152 valence electrons. The monoisotopic (exact) mass is 417 g/mol. The van der Waals surface area contributed by atoms with Crippen molar-refractivity contribution in [2.45, 2.75) is 12.5 Å². The first kappa shape index (κ1) is 19.5. The molecule has 29 heavy (non-hydrogen) atoms. The maximum atomic E-state index is 12.7. The molecule has 0 aliphatic carbocycles. The molecule has 1 aliphatic rings. The zero-order valence-corrected chi connectivity index (χ0v) is 16.4. The Morgan fingerprint density at radius 2 is 2.07 bits per heavy atom. The Labute approximate surface area is 172 Å². The van der Waals surface area contributed by atoms with Gasteiger partial charge in [0.2, 0.25) is 0 Å². The number of hydrogen-bond acceptors (Lipinski definition) is 4. The normalized spacial score (nSPS) is 16.0. The number of nitrogens with two attached hydrogens (primary N) is 1. The van der Waals surface area contributed by atoms with E-state index in [1.165, 1.54) is 0 Å². The molecular formula is C21H21ClFN3O3. The van der Waals surface area contributed by atoms with Gasteiger partial charge in [-0.1, -0.05) is 23.7 Å². The molecule has 3 aromatic rings. The zero-order chi connectivity index (χ0) is 20.4. The molecule has 1 unspecified atom stereocenters. The second-order valence-corrected chi connectivity index (χ2v) is 7.17. The second kappa shape index (κ2) is 8.31. The Hall–Kier alpha value is -2.77. The van der Waals surface area contributed by atoms with Gasteiger partial charge in [0, 0.05) is 28.2 Å². The molecule has 2 aromatic carbocycles. The van der Waals surface area contributed by atoms with Crippen molar-refractivity contribution in [3.63, 3.8) is 0 Å². The van der Waals surface area contributed by atoms with E-state index in [1.54, 1.807) is 17.0 Å². The highest BCUT2D eigenvalue weighted by molar-refractivity contribution is 6.31. The van der Waals surface area contributed by atoms with E-state index in [-0.39, 0.29) is 13.3 Å². The van der Waals surface area contributed by atoms with Gasteiger partial charge < -0.3 is 14.5 Å². The van der Waals surface area contributed by atoms with E-state index in [9.17, 15) is 9.18 Å². The number of amides is 1. The highest BCUT2D eigenvalue weighted by atomic mass is 35.5. The van der Waals surface area contributed by atoms with Crippen LogP contribution in [0.15, 0.2) is 42.5 Å². The molecule has 0 radical (unpaired) electrons. The first-order valence-electron chi connectivity index (χ1n) is 9.34. The van der Waals surface area contributed by atoms with Crippen LogP contribution in [0.2, 0.25) is 5.02 Å². The van der Waals surface area contributed by atoms with E-state index in [4.69, 9.17) is 26.8 Å². The third kappa shape index (κ3) is 3.75. The Morgan fingerprint density at radius 3 is 2.79 bits per heavy atom. The highest BCUT2D eigenvalue weighted by Gasteiger charge is 2.35. The van der Waals surface area contributed by atoms with Gasteiger partial charge in [0.25, 0.3) is 0 Å². The lowest BCUT2D eigenvalue weighted by atomic mass is 9.92. The maximum Gasteiger partial charge on any atom is 0.410 e. The first-order chi connectivity index (χ1) is 14.1. The summed E-state index contributed by atoms with van der Waals surface area (Å²) in [5.41, 5.74) is 9.28. The molecule has 0 fully saturated rings. The van der Waals surface area contributed by atoms with E-state index in [0.29, 0.717) is 23.7 Å². The average Bonchev–Trinajstić information content (AvgIpc) is 3.10. The number of nitrogens with one attached hydrogen (secondary N) is 1. The predicted octanol–water partition coefficient (Wildman–Crippen LogP) is 4.17. The smallest absolute Gasteiger partial charge is 0.410 e. The van der Waals surface area contributed by atoms with Crippen molar-refractivity contribution in [3.8, 4) is 5.75 Å². The molecule has 6 nitrogen and oxygen atoms in total. The van der Waals surface area contributed by atoms with E-state index < -0.39 is 18.8 Å². The number of hydrogen-bond donors (Lipinski definition) is 2. The van der Waals surface area contributed by atoms with Gasteiger partial charge in [-0.15, -0.1) is 0 Å². The molecule has 8 heteroatoms. The molecule has 0 saturated carbocycles. The number of carbonyl (C=O) groups excluding carboxylic acids is 1. The summed E-state index contributed by atoms with van der Waals surface area (Å²) in [5.74, 6) is 0.641. The minimum atomic E-state index is -0.717. The summed E-state index contributed by atoms with van der Waals surface area (Å²) in [6.45, 7) is -0.452. The fourth-order valence-corrected chi connectivity index (χ4v) is 4.03. The van der Waals surface area contributed by atoms with Crippen molar-refractivity contribution in [2.75, 3.05) is 26.6 Å². The summed E-state index contributed by atoms with van der Waals surface area (Å²) in [4.78, 5) is 17.7. The van der Waals surface area contributed by atoms with Crippen LogP contribution in [0.5, 0.6) is 5.75 Å². The Morgan fingerprint density at radius 1 is 1.28 bits per heavy atom. The van der Waals surface area contributed by atoms with E-state index in [1.807, 2.05) is 30.3 Å². The van der Waals surface area contributed by atoms with Gasteiger partial charge in [0.15, 0.2) is 0 Å². The summed E-state index contributed by atoms with van der Waals surface area (Å²) < 4.78 is 22.9. The molecule has 4 rings (SSSR count). The van der Waals surface area contributed by atoms with Crippen molar-refractivity contribution >= 4 is 28.6 Å². The van der Waals surface area contributed by atoms with Crippen LogP contribution in [0.25, 0.3) is 10.9 Å². The number of rotatable bonds is 5. The lowest BCUT2D eigenvalue weighted by molar-refractivity contribution is 0.0837. The Bertz CT molecular complexity index is 1020. The molecule has 1 aromatic heterocycles. The summed E-state index contributed by atoms with van der Waals surface area (Å²) in [5, 5.41) is 1.70. The lowest BCUT2D eigenvalue weighted by Crippen LogP contribution is -2.41.